The van der Waals surface area contributed by atoms with Gasteiger partial charge in [-0.3, -0.25) is 4.79 Å². The van der Waals surface area contributed by atoms with Crippen LogP contribution in [-0.2, 0) is 16.0 Å². The summed E-state index contributed by atoms with van der Waals surface area (Å²) in [6, 6.07) is 8.56. The Kier molecular flexibility index (Phi) is 6.36. The van der Waals surface area contributed by atoms with E-state index in [4.69, 9.17) is 27.9 Å². The number of hydrogen-bond acceptors (Lipinski definition) is 3. The zero-order chi connectivity index (χ0) is 20.3. The minimum Gasteiger partial charge on any atom is -0.434 e. The van der Waals surface area contributed by atoms with Crippen LogP contribution in [-0.4, -0.2) is 24.6 Å². The number of carbonyl (C=O) groups excluding carboxylic acids is 2. The fraction of sp³-hybridized carbons (Fsp3) is 0.263. The number of amides is 2. The van der Waals surface area contributed by atoms with E-state index in [1.165, 1.54) is 6.07 Å². The van der Waals surface area contributed by atoms with Crippen molar-refractivity contribution in [3.8, 4) is 0 Å². The van der Waals surface area contributed by atoms with Crippen LogP contribution in [0.4, 0.5) is 13.6 Å². The third-order valence-electron chi connectivity index (χ3n) is 4.37. The molecule has 0 spiro atoms. The van der Waals surface area contributed by atoms with E-state index in [1.54, 1.807) is 12.1 Å². The van der Waals surface area contributed by atoms with Gasteiger partial charge in [-0.1, -0.05) is 41.4 Å². The lowest BCUT2D eigenvalue weighted by Crippen LogP contribution is -2.39. The second kappa shape index (κ2) is 8.75. The second-order valence-electron chi connectivity index (χ2n) is 6.27. The van der Waals surface area contributed by atoms with Crippen molar-refractivity contribution in [3.05, 3.63) is 69.2 Å². The molecule has 0 aliphatic carbocycles. The molecule has 1 aliphatic rings. The summed E-state index contributed by atoms with van der Waals surface area (Å²) < 4.78 is 32.9. The first-order valence-corrected chi connectivity index (χ1v) is 9.23. The molecule has 9 heteroatoms. The second-order valence-corrected chi connectivity index (χ2v) is 7.08. The van der Waals surface area contributed by atoms with Crippen LogP contribution in [0.5, 0.6) is 0 Å². The van der Waals surface area contributed by atoms with Gasteiger partial charge in [0.25, 0.3) is 5.91 Å². The number of alkyl carbamates (subject to hydrolysis) is 1. The van der Waals surface area contributed by atoms with Crippen LogP contribution < -0.4 is 10.6 Å². The number of nitrogens with one attached hydrogen (secondary N) is 2. The Morgan fingerprint density at radius 3 is 2.57 bits per heavy atom. The number of rotatable bonds is 6. The van der Waals surface area contributed by atoms with Gasteiger partial charge in [0.1, 0.15) is 16.7 Å². The molecule has 0 aromatic heterocycles. The average molecular weight is 429 g/mol. The number of cyclic esters (lactones) is 1. The molecule has 3 rings (SSSR count). The van der Waals surface area contributed by atoms with Crippen molar-refractivity contribution in [3.63, 3.8) is 0 Å². The molecule has 2 amide bonds. The van der Waals surface area contributed by atoms with E-state index in [9.17, 15) is 18.4 Å². The van der Waals surface area contributed by atoms with E-state index >= 15 is 0 Å². The minimum absolute atomic E-state index is 0.0151. The maximum absolute atomic E-state index is 14.5. The van der Waals surface area contributed by atoms with E-state index in [0.717, 1.165) is 11.6 Å². The van der Waals surface area contributed by atoms with Crippen LogP contribution in [0.3, 0.4) is 0 Å². The summed E-state index contributed by atoms with van der Waals surface area (Å²) >= 11 is 11.6. The van der Waals surface area contributed by atoms with Crippen molar-refractivity contribution in [2.45, 2.75) is 25.0 Å². The molecule has 1 heterocycles. The lowest BCUT2D eigenvalue weighted by molar-refractivity contribution is -0.128. The van der Waals surface area contributed by atoms with Gasteiger partial charge >= 0.3 is 6.09 Å². The summed E-state index contributed by atoms with van der Waals surface area (Å²) in [4.78, 5) is 23.6. The number of aryl methyl sites for hydroxylation is 1. The summed E-state index contributed by atoms with van der Waals surface area (Å²) in [7, 11) is 0. The third-order valence-corrected chi connectivity index (χ3v) is 4.96. The molecule has 2 N–H and O–H groups in total. The first-order valence-electron chi connectivity index (χ1n) is 8.48. The molecule has 1 aliphatic heterocycles. The Morgan fingerprint density at radius 1 is 1.21 bits per heavy atom. The highest BCUT2D eigenvalue weighted by Gasteiger charge is 2.31. The number of halogens is 4. The highest BCUT2D eigenvalue weighted by molar-refractivity contribution is 6.31. The maximum atomic E-state index is 14.5. The van der Waals surface area contributed by atoms with Crippen molar-refractivity contribution in [1.82, 2.24) is 10.6 Å². The normalized spacial score (nSPS) is 17.0. The molecule has 0 bridgehead atoms. The lowest BCUT2D eigenvalue weighted by Gasteiger charge is -2.22. The molecule has 0 saturated carbocycles. The van der Waals surface area contributed by atoms with Crippen LogP contribution in [0, 0.1) is 11.6 Å². The third kappa shape index (κ3) is 4.72. The van der Waals surface area contributed by atoms with Gasteiger partial charge in [-0.2, -0.15) is 0 Å². The molecule has 2 aromatic carbocycles. The van der Waals surface area contributed by atoms with E-state index in [2.05, 4.69) is 10.6 Å². The summed E-state index contributed by atoms with van der Waals surface area (Å²) in [5.41, 5.74) is 0.970. The van der Waals surface area contributed by atoms with Crippen LogP contribution in [0.25, 0.3) is 0 Å². The van der Waals surface area contributed by atoms with Crippen molar-refractivity contribution in [2.75, 3.05) is 6.54 Å². The van der Waals surface area contributed by atoms with Gasteiger partial charge < -0.3 is 15.4 Å². The summed E-state index contributed by atoms with van der Waals surface area (Å²) in [5, 5.41) is 4.98. The molecule has 2 aromatic rings. The van der Waals surface area contributed by atoms with Crippen molar-refractivity contribution in [2.24, 2.45) is 0 Å². The molecule has 28 heavy (non-hydrogen) atoms. The SMILES string of the molecule is O=C1NCC(C(=O)N[C@H](CCc2ccc(Cl)cc2)c2ccc(F)c(Cl)c2F)O1. The van der Waals surface area contributed by atoms with Gasteiger partial charge in [0, 0.05) is 10.6 Å². The topological polar surface area (TPSA) is 67.4 Å². The van der Waals surface area contributed by atoms with E-state index < -0.39 is 40.8 Å². The maximum Gasteiger partial charge on any atom is 0.408 e. The van der Waals surface area contributed by atoms with Crippen LogP contribution in [0.2, 0.25) is 10.0 Å². The Labute approximate surface area is 170 Å². The van der Waals surface area contributed by atoms with Crippen molar-refractivity contribution < 1.29 is 23.1 Å². The number of ether oxygens (including phenoxy) is 1. The van der Waals surface area contributed by atoms with E-state index in [1.807, 2.05) is 12.1 Å². The van der Waals surface area contributed by atoms with Crippen LogP contribution >= 0.6 is 23.2 Å². The monoisotopic (exact) mass is 428 g/mol. The molecular weight excluding hydrogens is 413 g/mol. The molecule has 148 valence electrons. The van der Waals surface area contributed by atoms with Gasteiger partial charge in [0.2, 0.25) is 0 Å². The molecule has 5 nitrogen and oxygen atoms in total. The van der Waals surface area contributed by atoms with Crippen molar-refractivity contribution in [1.29, 1.82) is 0 Å². The van der Waals surface area contributed by atoms with Gasteiger partial charge in [0.15, 0.2) is 6.10 Å². The van der Waals surface area contributed by atoms with Gasteiger partial charge in [-0.25, -0.2) is 13.6 Å². The van der Waals surface area contributed by atoms with E-state index in [-0.39, 0.29) is 12.1 Å². The molecule has 1 unspecified atom stereocenters. The molecule has 1 saturated heterocycles. The van der Waals surface area contributed by atoms with Crippen LogP contribution in [0.1, 0.15) is 23.6 Å². The fourth-order valence-electron chi connectivity index (χ4n) is 2.88. The Morgan fingerprint density at radius 2 is 1.93 bits per heavy atom. The smallest absolute Gasteiger partial charge is 0.408 e. The van der Waals surface area contributed by atoms with Crippen molar-refractivity contribution >= 4 is 35.2 Å². The minimum atomic E-state index is -1.02. The lowest BCUT2D eigenvalue weighted by atomic mass is 9.98. The molecular formula is C19H16Cl2F2N2O3. The van der Waals surface area contributed by atoms with Gasteiger partial charge in [0.05, 0.1) is 12.6 Å². The zero-order valence-electron chi connectivity index (χ0n) is 14.5. The quantitative estimate of drug-likeness (QED) is 0.678. The van der Waals surface area contributed by atoms with Gasteiger partial charge in [-0.15, -0.1) is 0 Å². The van der Waals surface area contributed by atoms with E-state index in [0.29, 0.717) is 17.9 Å². The molecule has 0 radical (unpaired) electrons. The standard InChI is InChI=1S/C19H16Cl2F2N2O3/c20-11-4-1-10(2-5-11)3-8-14(12-6-7-13(22)16(21)17(12)23)25-18(26)15-9-24-19(27)28-15/h1-2,4-7,14-15H,3,8-9H2,(H,24,27)(H,25,26)/t14-,15?/m1/s1. The predicted octanol–water partition coefficient (Wildman–Crippen LogP) is 4.17. The predicted molar refractivity (Wildman–Crippen MR) is 100 cm³/mol. The zero-order valence-corrected chi connectivity index (χ0v) is 16.0. The average Bonchev–Trinajstić information content (AvgIpc) is 3.11. The molecule has 2 atom stereocenters. The number of benzene rings is 2. The summed E-state index contributed by atoms with van der Waals surface area (Å²) in [6.45, 7) is 0.0151. The fourth-order valence-corrected chi connectivity index (χ4v) is 3.18. The first kappa shape index (κ1) is 20.4. The number of carbonyl (C=O) groups is 2. The summed E-state index contributed by atoms with van der Waals surface area (Å²) in [6.07, 6.45) is -0.932. The number of hydrogen-bond donors (Lipinski definition) is 2. The largest absolute Gasteiger partial charge is 0.434 e. The van der Waals surface area contributed by atoms with Gasteiger partial charge in [-0.05, 0) is 36.6 Å². The Hall–Kier alpha value is -2.38. The molecule has 1 fully saturated rings. The Balaban J connectivity index is 1.80. The highest BCUT2D eigenvalue weighted by Crippen LogP contribution is 2.29. The first-order chi connectivity index (χ1) is 13.3. The van der Waals surface area contributed by atoms with Crippen LogP contribution in [0.15, 0.2) is 36.4 Å². The highest BCUT2D eigenvalue weighted by atomic mass is 35.5. The Bertz CT molecular complexity index is 893. The summed E-state index contributed by atoms with van der Waals surface area (Å²) in [5.74, 6) is -2.41.